The highest BCUT2D eigenvalue weighted by molar-refractivity contribution is 6.30. The summed E-state index contributed by atoms with van der Waals surface area (Å²) in [7, 11) is 0. The fourth-order valence-electron chi connectivity index (χ4n) is 2.78. The van der Waals surface area contributed by atoms with Crippen LogP contribution in [0.4, 0.5) is 5.69 Å². The number of benzene rings is 2. The van der Waals surface area contributed by atoms with Gasteiger partial charge in [0.1, 0.15) is 0 Å². The van der Waals surface area contributed by atoms with Crippen LogP contribution >= 0.6 is 11.6 Å². The molecule has 1 aliphatic carbocycles. The van der Waals surface area contributed by atoms with Gasteiger partial charge in [-0.1, -0.05) is 23.7 Å². The standard InChI is InChI=1S/C17H14ClN5O/c18-13-5-3-12(4-6-13)17(9-10-17)16(24)19-14-7-1-11(2-8-14)15-20-22-23-21-15/h1-8H,9-10H2,(H,19,24)(H,20,21,22,23). The number of anilines is 1. The second kappa shape index (κ2) is 5.72. The van der Waals surface area contributed by atoms with E-state index in [1.54, 1.807) is 0 Å². The number of nitrogens with zero attached hydrogens (tertiary/aromatic N) is 3. The maximum atomic E-state index is 12.7. The van der Waals surface area contributed by atoms with Crippen molar-refractivity contribution in [3.8, 4) is 11.4 Å². The summed E-state index contributed by atoms with van der Waals surface area (Å²) in [4.78, 5) is 12.7. The normalized spacial score (nSPS) is 15.0. The molecule has 24 heavy (non-hydrogen) atoms. The zero-order chi connectivity index (χ0) is 16.6. The Morgan fingerprint density at radius 3 is 2.38 bits per heavy atom. The van der Waals surface area contributed by atoms with Crippen molar-refractivity contribution in [1.82, 2.24) is 20.6 Å². The summed E-state index contributed by atoms with van der Waals surface area (Å²) in [6.45, 7) is 0. The van der Waals surface area contributed by atoms with Crippen LogP contribution in [-0.4, -0.2) is 26.5 Å². The second-order valence-electron chi connectivity index (χ2n) is 5.86. The molecule has 1 aromatic heterocycles. The summed E-state index contributed by atoms with van der Waals surface area (Å²) in [6.07, 6.45) is 1.70. The first-order valence-electron chi connectivity index (χ1n) is 7.59. The molecule has 6 nitrogen and oxygen atoms in total. The first-order valence-corrected chi connectivity index (χ1v) is 7.97. The smallest absolute Gasteiger partial charge is 0.235 e. The maximum absolute atomic E-state index is 12.7. The lowest BCUT2D eigenvalue weighted by Crippen LogP contribution is -2.27. The summed E-state index contributed by atoms with van der Waals surface area (Å²) in [6, 6.07) is 14.9. The number of hydrogen-bond acceptors (Lipinski definition) is 4. The monoisotopic (exact) mass is 339 g/mol. The van der Waals surface area contributed by atoms with E-state index in [-0.39, 0.29) is 5.91 Å². The first kappa shape index (κ1) is 14.8. The molecule has 0 unspecified atom stereocenters. The molecule has 120 valence electrons. The van der Waals surface area contributed by atoms with Gasteiger partial charge in [0.2, 0.25) is 11.7 Å². The molecule has 0 atom stereocenters. The van der Waals surface area contributed by atoms with E-state index >= 15 is 0 Å². The van der Waals surface area contributed by atoms with Crippen molar-refractivity contribution in [1.29, 1.82) is 0 Å². The number of carbonyl (C=O) groups excluding carboxylic acids is 1. The molecule has 1 aliphatic rings. The van der Waals surface area contributed by atoms with Crippen LogP contribution in [-0.2, 0) is 10.2 Å². The second-order valence-corrected chi connectivity index (χ2v) is 6.29. The SMILES string of the molecule is O=C(Nc1ccc(-c2nn[nH]n2)cc1)C1(c2ccc(Cl)cc2)CC1. The zero-order valence-corrected chi connectivity index (χ0v) is 13.4. The topological polar surface area (TPSA) is 83.6 Å². The van der Waals surface area contributed by atoms with Gasteiger partial charge >= 0.3 is 0 Å². The third-order valence-corrected chi connectivity index (χ3v) is 4.58. The Labute approximate surface area is 143 Å². The minimum atomic E-state index is -0.434. The van der Waals surface area contributed by atoms with Gasteiger partial charge in [0, 0.05) is 16.3 Å². The summed E-state index contributed by atoms with van der Waals surface area (Å²) in [5, 5.41) is 17.5. The Morgan fingerprint density at radius 1 is 1.08 bits per heavy atom. The van der Waals surface area contributed by atoms with E-state index in [4.69, 9.17) is 11.6 Å². The molecule has 0 saturated heterocycles. The maximum Gasteiger partial charge on any atom is 0.235 e. The Hall–Kier alpha value is -2.73. The van der Waals surface area contributed by atoms with Crippen LogP contribution < -0.4 is 5.32 Å². The number of rotatable bonds is 4. The molecule has 0 aliphatic heterocycles. The summed E-state index contributed by atoms with van der Waals surface area (Å²) < 4.78 is 0. The lowest BCUT2D eigenvalue weighted by Gasteiger charge is -2.16. The largest absolute Gasteiger partial charge is 0.325 e. The fraction of sp³-hybridized carbons (Fsp3) is 0.176. The average Bonchev–Trinajstić information content (AvgIpc) is 3.23. The van der Waals surface area contributed by atoms with Crippen molar-refractivity contribution in [2.24, 2.45) is 0 Å². The molecular weight excluding hydrogens is 326 g/mol. The van der Waals surface area contributed by atoms with Crippen molar-refractivity contribution in [2.45, 2.75) is 18.3 Å². The quantitative estimate of drug-likeness (QED) is 0.764. The number of halogens is 1. The molecule has 2 aromatic carbocycles. The fourth-order valence-corrected chi connectivity index (χ4v) is 2.90. The van der Waals surface area contributed by atoms with Crippen molar-refractivity contribution < 1.29 is 4.79 Å². The number of aromatic nitrogens is 4. The Balaban J connectivity index is 1.51. The molecule has 2 N–H and O–H groups in total. The van der Waals surface area contributed by atoms with Gasteiger partial charge in [0.25, 0.3) is 0 Å². The van der Waals surface area contributed by atoms with Crippen LogP contribution in [0.2, 0.25) is 5.02 Å². The Kier molecular flexibility index (Phi) is 3.54. The lowest BCUT2D eigenvalue weighted by molar-refractivity contribution is -0.118. The summed E-state index contributed by atoms with van der Waals surface area (Å²) >= 11 is 5.93. The molecule has 0 radical (unpaired) electrons. The Morgan fingerprint density at radius 2 is 1.79 bits per heavy atom. The molecule has 0 bridgehead atoms. The van der Waals surface area contributed by atoms with E-state index < -0.39 is 5.41 Å². The highest BCUT2D eigenvalue weighted by atomic mass is 35.5. The van der Waals surface area contributed by atoms with E-state index in [9.17, 15) is 4.79 Å². The van der Waals surface area contributed by atoms with E-state index in [0.717, 1.165) is 29.7 Å². The van der Waals surface area contributed by atoms with Crippen molar-refractivity contribution in [3.63, 3.8) is 0 Å². The minimum Gasteiger partial charge on any atom is -0.325 e. The van der Waals surface area contributed by atoms with Crippen LogP contribution in [0.25, 0.3) is 11.4 Å². The van der Waals surface area contributed by atoms with Gasteiger partial charge in [-0.3, -0.25) is 4.79 Å². The Bertz CT molecular complexity index is 855. The molecular formula is C17H14ClN5O. The van der Waals surface area contributed by atoms with Crippen molar-refractivity contribution in [2.75, 3.05) is 5.32 Å². The molecule has 1 amide bonds. The predicted octanol–water partition coefficient (Wildman–Crippen LogP) is 3.19. The van der Waals surface area contributed by atoms with E-state index in [1.807, 2.05) is 48.5 Å². The van der Waals surface area contributed by atoms with Gasteiger partial charge in [-0.2, -0.15) is 5.21 Å². The van der Waals surface area contributed by atoms with Gasteiger partial charge in [-0.25, -0.2) is 0 Å². The number of nitrogens with one attached hydrogen (secondary N) is 2. The number of amides is 1. The minimum absolute atomic E-state index is 0.0112. The number of aromatic amines is 1. The number of carbonyl (C=O) groups is 1. The molecule has 7 heteroatoms. The van der Waals surface area contributed by atoms with Gasteiger partial charge in [-0.15, -0.1) is 10.2 Å². The third kappa shape index (κ3) is 2.65. The molecule has 1 fully saturated rings. The van der Waals surface area contributed by atoms with Crippen LogP contribution in [0.1, 0.15) is 18.4 Å². The lowest BCUT2D eigenvalue weighted by atomic mass is 9.95. The van der Waals surface area contributed by atoms with E-state index in [2.05, 4.69) is 25.9 Å². The van der Waals surface area contributed by atoms with Crippen LogP contribution in [0, 0.1) is 0 Å². The summed E-state index contributed by atoms with van der Waals surface area (Å²) in [5.41, 5.74) is 2.15. The van der Waals surface area contributed by atoms with Crippen molar-refractivity contribution in [3.05, 3.63) is 59.1 Å². The number of hydrogen-bond donors (Lipinski definition) is 2. The number of tetrazole rings is 1. The van der Waals surface area contributed by atoms with Gasteiger partial charge < -0.3 is 5.32 Å². The highest BCUT2D eigenvalue weighted by Crippen LogP contribution is 2.49. The molecule has 1 heterocycles. The first-order chi connectivity index (χ1) is 11.7. The van der Waals surface area contributed by atoms with E-state index in [0.29, 0.717) is 10.8 Å². The van der Waals surface area contributed by atoms with E-state index in [1.165, 1.54) is 0 Å². The predicted molar refractivity (Wildman–Crippen MR) is 90.6 cm³/mol. The molecule has 4 rings (SSSR count). The summed E-state index contributed by atoms with van der Waals surface area (Å²) in [5.74, 6) is 0.532. The molecule has 0 spiro atoms. The van der Waals surface area contributed by atoms with Gasteiger partial charge in [0.05, 0.1) is 5.41 Å². The molecule has 1 saturated carbocycles. The highest BCUT2D eigenvalue weighted by Gasteiger charge is 2.51. The molecule has 3 aromatic rings. The van der Waals surface area contributed by atoms with Crippen LogP contribution in [0.5, 0.6) is 0 Å². The van der Waals surface area contributed by atoms with Gasteiger partial charge in [0.15, 0.2) is 0 Å². The van der Waals surface area contributed by atoms with Crippen LogP contribution in [0.3, 0.4) is 0 Å². The van der Waals surface area contributed by atoms with Crippen molar-refractivity contribution >= 4 is 23.2 Å². The average molecular weight is 340 g/mol. The number of H-pyrrole nitrogens is 1. The zero-order valence-electron chi connectivity index (χ0n) is 12.7. The third-order valence-electron chi connectivity index (χ3n) is 4.33. The van der Waals surface area contributed by atoms with Crippen LogP contribution in [0.15, 0.2) is 48.5 Å². The van der Waals surface area contributed by atoms with Gasteiger partial charge in [-0.05, 0) is 60.0 Å².